The number of rotatable bonds is 4. The fourth-order valence-electron chi connectivity index (χ4n) is 4.06. The standard InChI is InChI=1S/C24H17N3O4S/c28-22-11-16(14-5-2-1-3-6-14)10-20-18(22)12-19(23(29)25-20)24-26-21(13-32-24)15-7-4-8-17(9-15)27(30)31/h1-9,12-13,16H,10-11H2,(H,25,29)/t16-/m0/s1. The Morgan fingerprint density at radius 2 is 1.81 bits per heavy atom. The molecular weight excluding hydrogens is 426 g/mol. The van der Waals surface area contributed by atoms with E-state index in [2.05, 4.69) is 9.97 Å². The number of aromatic amines is 1. The second kappa shape index (κ2) is 7.97. The van der Waals surface area contributed by atoms with Gasteiger partial charge in [0.25, 0.3) is 11.2 Å². The normalized spacial score (nSPS) is 15.4. The van der Waals surface area contributed by atoms with Gasteiger partial charge < -0.3 is 4.98 Å². The summed E-state index contributed by atoms with van der Waals surface area (Å²) < 4.78 is 0. The summed E-state index contributed by atoms with van der Waals surface area (Å²) >= 11 is 1.26. The van der Waals surface area contributed by atoms with E-state index in [1.165, 1.54) is 23.5 Å². The smallest absolute Gasteiger partial charge is 0.270 e. The largest absolute Gasteiger partial charge is 0.325 e. The Balaban J connectivity index is 1.49. The minimum Gasteiger partial charge on any atom is -0.325 e. The summed E-state index contributed by atoms with van der Waals surface area (Å²) in [5, 5.41) is 13.3. The molecule has 4 aromatic rings. The summed E-state index contributed by atoms with van der Waals surface area (Å²) in [6.07, 6.45) is 0.983. The molecule has 0 saturated carbocycles. The number of nitrogens with one attached hydrogen (secondary N) is 1. The number of hydrogen-bond donors (Lipinski definition) is 1. The third kappa shape index (κ3) is 3.65. The van der Waals surface area contributed by atoms with Crippen molar-refractivity contribution in [3.8, 4) is 21.8 Å². The van der Waals surface area contributed by atoms with E-state index < -0.39 is 4.92 Å². The SMILES string of the molecule is O=C1C[C@@H](c2ccccc2)Cc2[nH]c(=O)c(-c3nc(-c4cccc([N+](=O)[O-])c4)cs3)cc21. The number of benzene rings is 2. The number of carbonyl (C=O) groups is 1. The third-order valence-electron chi connectivity index (χ3n) is 5.66. The second-order valence-electron chi connectivity index (χ2n) is 7.69. The summed E-state index contributed by atoms with van der Waals surface area (Å²) in [4.78, 5) is 43.7. The molecule has 0 amide bonds. The van der Waals surface area contributed by atoms with Gasteiger partial charge in [0.1, 0.15) is 5.01 Å². The molecule has 0 fully saturated rings. The van der Waals surface area contributed by atoms with Gasteiger partial charge in [-0.2, -0.15) is 0 Å². The van der Waals surface area contributed by atoms with Crippen LogP contribution in [0.2, 0.25) is 0 Å². The number of fused-ring (bicyclic) bond motifs is 1. The van der Waals surface area contributed by atoms with Gasteiger partial charge in [-0.1, -0.05) is 42.5 Å². The lowest BCUT2D eigenvalue weighted by atomic mass is 9.81. The van der Waals surface area contributed by atoms with E-state index >= 15 is 0 Å². The lowest BCUT2D eigenvalue weighted by Crippen LogP contribution is -2.24. The number of ketones is 1. The number of nitro benzene ring substituents is 1. The summed E-state index contributed by atoms with van der Waals surface area (Å²) in [5.41, 5.74) is 3.40. The Labute approximate surface area is 186 Å². The first kappa shape index (κ1) is 20.0. The lowest BCUT2D eigenvalue weighted by molar-refractivity contribution is -0.384. The number of aromatic nitrogens is 2. The molecule has 1 N–H and O–H groups in total. The number of Topliss-reactive ketones (excluding diaryl/α,β-unsaturated/α-hetero) is 1. The van der Waals surface area contributed by atoms with Crippen molar-refractivity contribution in [3.63, 3.8) is 0 Å². The second-order valence-corrected chi connectivity index (χ2v) is 8.55. The summed E-state index contributed by atoms with van der Waals surface area (Å²) in [5.74, 6) is 0.0334. The highest BCUT2D eigenvalue weighted by Gasteiger charge is 2.28. The predicted molar refractivity (Wildman–Crippen MR) is 122 cm³/mol. The highest BCUT2D eigenvalue weighted by Crippen LogP contribution is 2.34. The summed E-state index contributed by atoms with van der Waals surface area (Å²) in [6.45, 7) is 0. The fraction of sp³-hybridized carbons (Fsp3) is 0.125. The van der Waals surface area contributed by atoms with E-state index in [0.717, 1.165) is 5.56 Å². The average Bonchev–Trinajstić information content (AvgIpc) is 3.29. The molecule has 5 rings (SSSR count). The topological polar surface area (TPSA) is 106 Å². The maximum absolute atomic E-state index is 12.9. The van der Waals surface area contributed by atoms with Gasteiger partial charge in [0.05, 0.1) is 16.2 Å². The minimum atomic E-state index is -0.459. The van der Waals surface area contributed by atoms with Gasteiger partial charge in [0.2, 0.25) is 0 Å². The molecule has 0 spiro atoms. The zero-order valence-corrected chi connectivity index (χ0v) is 17.6. The molecule has 0 radical (unpaired) electrons. The Morgan fingerprint density at radius 3 is 2.59 bits per heavy atom. The van der Waals surface area contributed by atoms with E-state index in [0.29, 0.717) is 45.9 Å². The lowest BCUT2D eigenvalue weighted by Gasteiger charge is -2.24. The van der Waals surface area contributed by atoms with Gasteiger partial charge in [-0.15, -0.1) is 11.3 Å². The molecule has 7 nitrogen and oxygen atoms in total. The van der Waals surface area contributed by atoms with Gasteiger partial charge in [-0.25, -0.2) is 4.98 Å². The van der Waals surface area contributed by atoms with Crippen molar-refractivity contribution in [2.75, 3.05) is 0 Å². The average molecular weight is 443 g/mol. The minimum absolute atomic E-state index is 0.00642. The van der Waals surface area contributed by atoms with Gasteiger partial charge in [-0.05, 0) is 24.0 Å². The molecule has 0 saturated heterocycles. The van der Waals surface area contributed by atoms with E-state index in [4.69, 9.17) is 0 Å². The highest BCUT2D eigenvalue weighted by molar-refractivity contribution is 7.13. The van der Waals surface area contributed by atoms with E-state index in [1.807, 2.05) is 30.3 Å². The van der Waals surface area contributed by atoms with Crippen LogP contribution in [0.4, 0.5) is 5.69 Å². The Bertz CT molecular complexity index is 1410. The van der Waals surface area contributed by atoms with Crippen LogP contribution in [-0.2, 0) is 6.42 Å². The van der Waals surface area contributed by atoms with Crippen molar-refractivity contribution in [1.29, 1.82) is 0 Å². The molecule has 2 heterocycles. The maximum atomic E-state index is 12.9. The third-order valence-corrected chi connectivity index (χ3v) is 6.54. The van der Waals surface area contributed by atoms with E-state index in [-0.39, 0.29) is 22.9 Å². The van der Waals surface area contributed by atoms with Crippen LogP contribution in [-0.4, -0.2) is 20.7 Å². The van der Waals surface area contributed by atoms with Crippen LogP contribution in [0.15, 0.2) is 70.8 Å². The first-order valence-electron chi connectivity index (χ1n) is 10.0. The van der Waals surface area contributed by atoms with Gasteiger partial charge in [0.15, 0.2) is 5.78 Å². The van der Waals surface area contributed by atoms with Crippen molar-refractivity contribution in [3.05, 3.63) is 103 Å². The number of H-pyrrole nitrogens is 1. The molecule has 1 aliphatic carbocycles. The van der Waals surface area contributed by atoms with E-state index in [9.17, 15) is 19.7 Å². The molecule has 0 bridgehead atoms. The molecule has 2 aromatic heterocycles. The van der Waals surface area contributed by atoms with Crippen LogP contribution in [0.25, 0.3) is 21.8 Å². The Hall–Kier alpha value is -3.91. The number of non-ortho nitro benzene ring substituents is 1. The number of carbonyl (C=O) groups excluding carboxylic acids is 1. The Kier molecular flexibility index (Phi) is 4.99. The van der Waals surface area contributed by atoms with Crippen LogP contribution in [0.5, 0.6) is 0 Å². The Morgan fingerprint density at radius 1 is 1.00 bits per heavy atom. The van der Waals surface area contributed by atoms with Crippen molar-refractivity contribution >= 4 is 22.8 Å². The van der Waals surface area contributed by atoms with Crippen molar-refractivity contribution < 1.29 is 9.72 Å². The highest BCUT2D eigenvalue weighted by atomic mass is 32.1. The van der Waals surface area contributed by atoms with Crippen LogP contribution in [0.1, 0.15) is 34.0 Å². The molecule has 158 valence electrons. The number of nitrogens with zero attached hydrogens (tertiary/aromatic N) is 2. The number of thiazole rings is 1. The van der Waals surface area contributed by atoms with Crippen molar-refractivity contribution in [2.45, 2.75) is 18.8 Å². The summed E-state index contributed by atoms with van der Waals surface area (Å²) in [6, 6.07) is 17.7. The van der Waals surface area contributed by atoms with Crippen LogP contribution < -0.4 is 5.56 Å². The maximum Gasteiger partial charge on any atom is 0.270 e. The molecule has 0 unspecified atom stereocenters. The van der Waals surface area contributed by atoms with Crippen LogP contribution in [0.3, 0.4) is 0 Å². The van der Waals surface area contributed by atoms with Crippen LogP contribution in [0, 0.1) is 10.1 Å². The number of nitro groups is 1. The molecular formula is C24H17N3O4S. The van der Waals surface area contributed by atoms with E-state index in [1.54, 1.807) is 23.6 Å². The monoisotopic (exact) mass is 443 g/mol. The number of pyridine rings is 1. The first-order chi connectivity index (χ1) is 15.5. The van der Waals surface area contributed by atoms with Crippen molar-refractivity contribution in [2.24, 2.45) is 0 Å². The van der Waals surface area contributed by atoms with Crippen molar-refractivity contribution in [1.82, 2.24) is 9.97 Å². The molecule has 1 aliphatic rings. The molecule has 0 aliphatic heterocycles. The van der Waals surface area contributed by atoms with Gasteiger partial charge in [-0.3, -0.25) is 19.7 Å². The predicted octanol–water partition coefficient (Wildman–Crippen LogP) is 4.99. The molecule has 32 heavy (non-hydrogen) atoms. The zero-order chi connectivity index (χ0) is 22.2. The summed E-state index contributed by atoms with van der Waals surface area (Å²) in [7, 11) is 0. The molecule has 1 atom stereocenters. The fourth-order valence-corrected chi connectivity index (χ4v) is 4.90. The molecule has 8 heteroatoms. The van der Waals surface area contributed by atoms with Gasteiger partial charge >= 0.3 is 0 Å². The number of hydrogen-bond acceptors (Lipinski definition) is 6. The zero-order valence-electron chi connectivity index (χ0n) is 16.8. The quantitative estimate of drug-likeness (QED) is 0.353. The van der Waals surface area contributed by atoms with Gasteiger partial charge in [0, 0.05) is 40.8 Å². The first-order valence-corrected chi connectivity index (χ1v) is 10.9. The molecule has 2 aromatic carbocycles. The van der Waals surface area contributed by atoms with Crippen LogP contribution >= 0.6 is 11.3 Å².